The van der Waals surface area contributed by atoms with Gasteiger partial charge in [0.05, 0.1) is 16.2 Å². The van der Waals surface area contributed by atoms with Crippen molar-refractivity contribution in [2.45, 2.75) is 43.5 Å². The first-order chi connectivity index (χ1) is 15.1. The Kier molecular flexibility index (Phi) is 5.28. The molecule has 0 unspecified atom stereocenters. The van der Waals surface area contributed by atoms with Crippen molar-refractivity contribution in [2.24, 2.45) is 0 Å². The van der Waals surface area contributed by atoms with Gasteiger partial charge in [-0.1, -0.05) is 12.1 Å². The quantitative estimate of drug-likeness (QED) is 0.723. The molecule has 8 nitrogen and oxygen atoms in total. The van der Waals surface area contributed by atoms with Crippen LogP contribution >= 0.6 is 0 Å². The minimum absolute atomic E-state index is 0.0678. The predicted molar refractivity (Wildman–Crippen MR) is 117 cm³/mol. The topological polar surface area (TPSA) is 93.4 Å². The van der Waals surface area contributed by atoms with Crippen LogP contribution in [-0.4, -0.2) is 55.4 Å². The number of nitrogens with zero attached hydrogens (tertiary/aromatic N) is 6. The summed E-state index contributed by atoms with van der Waals surface area (Å²) in [6.45, 7) is 4.42. The van der Waals surface area contributed by atoms with Gasteiger partial charge < -0.3 is 9.80 Å². The number of nitriles is 1. The Labute approximate surface area is 183 Å². The molecule has 31 heavy (non-hydrogen) atoms. The third-order valence-corrected chi connectivity index (χ3v) is 8.31. The highest BCUT2D eigenvalue weighted by Crippen LogP contribution is 2.34. The van der Waals surface area contributed by atoms with Crippen LogP contribution in [0.2, 0.25) is 0 Å². The average Bonchev–Trinajstić information content (AvgIpc) is 3.52. The van der Waals surface area contributed by atoms with Gasteiger partial charge in [0.1, 0.15) is 11.9 Å². The number of aromatic nitrogens is 2. The van der Waals surface area contributed by atoms with Crippen molar-refractivity contribution in [3.8, 4) is 6.07 Å². The Bertz CT molecular complexity index is 1130. The van der Waals surface area contributed by atoms with Crippen LogP contribution in [0, 0.1) is 11.3 Å². The summed E-state index contributed by atoms with van der Waals surface area (Å²) >= 11 is 0. The average molecular weight is 439 g/mol. The van der Waals surface area contributed by atoms with Crippen molar-refractivity contribution in [2.75, 3.05) is 42.5 Å². The lowest BCUT2D eigenvalue weighted by Gasteiger charge is -2.32. The van der Waals surface area contributed by atoms with E-state index < -0.39 is 10.0 Å². The van der Waals surface area contributed by atoms with Crippen molar-refractivity contribution in [3.05, 3.63) is 41.1 Å². The van der Waals surface area contributed by atoms with E-state index in [-0.39, 0.29) is 17.0 Å². The minimum Gasteiger partial charge on any atom is -0.356 e. The van der Waals surface area contributed by atoms with E-state index >= 15 is 0 Å². The van der Waals surface area contributed by atoms with Crippen LogP contribution in [0.15, 0.2) is 29.2 Å². The highest BCUT2D eigenvalue weighted by atomic mass is 32.2. The van der Waals surface area contributed by atoms with Gasteiger partial charge in [-0.15, -0.1) is 0 Å². The molecule has 0 spiro atoms. The third-order valence-electron chi connectivity index (χ3n) is 6.41. The van der Waals surface area contributed by atoms with Crippen molar-refractivity contribution in [1.82, 2.24) is 14.3 Å². The Balaban J connectivity index is 1.53. The Morgan fingerprint density at radius 2 is 1.58 bits per heavy atom. The van der Waals surface area contributed by atoms with E-state index in [2.05, 4.69) is 9.80 Å². The molecular weight excluding hydrogens is 412 g/mol. The number of sulfonamides is 1. The normalized spacial score (nSPS) is 19.5. The first-order valence-corrected chi connectivity index (χ1v) is 12.4. The summed E-state index contributed by atoms with van der Waals surface area (Å²) in [5, 5.41) is 9.40. The Morgan fingerprint density at radius 3 is 2.29 bits per heavy atom. The standard InChI is InChI=1S/C22H26N6O2S/c23-15-17-7-1-2-8-20(17)31(29,30)28-14-9-19-18(16-28)21(26-10-3-4-11-26)25-22(24-19)27-12-5-6-13-27/h1-2,7-8H,3-6,9-14,16H2. The second-order valence-corrected chi connectivity index (χ2v) is 10.3. The van der Waals surface area contributed by atoms with Gasteiger partial charge in [0, 0.05) is 51.3 Å². The molecule has 2 fully saturated rings. The summed E-state index contributed by atoms with van der Waals surface area (Å²) in [7, 11) is -3.79. The number of rotatable bonds is 4. The van der Waals surface area contributed by atoms with Crippen molar-refractivity contribution in [3.63, 3.8) is 0 Å². The van der Waals surface area contributed by atoms with E-state index in [9.17, 15) is 13.7 Å². The molecule has 2 saturated heterocycles. The van der Waals surface area contributed by atoms with Crippen LogP contribution in [0.4, 0.5) is 11.8 Å². The van der Waals surface area contributed by atoms with E-state index in [1.165, 1.54) is 10.4 Å². The minimum atomic E-state index is -3.79. The van der Waals surface area contributed by atoms with Gasteiger partial charge in [-0.25, -0.2) is 13.4 Å². The lowest BCUT2D eigenvalue weighted by Crippen LogP contribution is -2.38. The molecule has 5 rings (SSSR count). The second kappa shape index (κ2) is 8.09. The van der Waals surface area contributed by atoms with Gasteiger partial charge in [-0.05, 0) is 37.8 Å². The molecule has 0 saturated carbocycles. The van der Waals surface area contributed by atoms with E-state index in [4.69, 9.17) is 9.97 Å². The van der Waals surface area contributed by atoms with E-state index in [1.54, 1.807) is 18.2 Å². The lowest BCUT2D eigenvalue weighted by molar-refractivity contribution is 0.387. The molecule has 3 aliphatic rings. The smallest absolute Gasteiger partial charge is 0.244 e. The number of benzene rings is 1. The molecule has 0 amide bonds. The van der Waals surface area contributed by atoms with Crippen molar-refractivity contribution in [1.29, 1.82) is 5.26 Å². The molecule has 9 heteroatoms. The highest BCUT2D eigenvalue weighted by molar-refractivity contribution is 7.89. The van der Waals surface area contributed by atoms with Gasteiger partial charge in [0.15, 0.2) is 0 Å². The van der Waals surface area contributed by atoms with Gasteiger partial charge in [-0.3, -0.25) is 0 Å². The van der Waals surface area contributed by atoms with Crippen LogP contribution in [0.1, 0.15) is 42.5 Å². The summed E-state index contributed by atoms with van der Waals surface area (Å²) in [6.07, 6.45) is 5.10. The fraction of sp³-hybridized carbons (Fsp3) is 0.500. The van der Waals surface area contributed by atoms with Crippen LogP contribution in [-0.2, 0) is 23.0 Å². The van der Waals surface area contributed by atoms with Gasteiger partial charge in [0.2, 0.25) is 16.0 Å². The fourth-order valence-corrected chi connectivity index (χ4v) is 6.29. The number of fused-ring (bicyclic) bond motifs is 1. The molecule has 0 aliphatic carbocycles. The van der Waals surface area contributed by atoms with E-state index in [0.717, 1.165) is 74.9 Å². The first kappa shape index (κ1) is 20.2. The second-order valence-electron chi connectivity index (χ2n) is 8.36. The first-order valence-electron chi connectivity index (χ1n) is 11.0. The molecule has 0 radical (unpaired) electrons. The van der Waals surface area contributed by atoms with Crippen LogP contribution in [0.25, 0.3) is 0 Å². The highest BCUT2D eigenvalue weighted by Gasteiger charge is 2.34. The van der Waals surface area contributed by atoms with Crippen molar-refractivity contribution < 1.29 is 8.42 Å². The van der Waals surface area contributed by atoms with Gasteiger partial charge in [-0.2, -0.15) is 14.6 Å². The van der Waals surface area contributed by atoms with E-state index in [0.29, 0.717) is 13.0 Å². The Morgan fingerprint density at radius 1 is 0.903 bits per heavy atom. The summed E-state index contributed by atoms with van der Waals surface area (Å²) in [4.78, 5) is 14.4. The molecule has 1 aromatic heterocycles. The maximum atomic E-state index is 13.4. The number of hydrogen-bond acceptors (Lipinski definition) is 7. The molecule has 4 heterocycles. The molecular formula is C22H26N6O2S. The zero-order chi connectivity index (χ0) is 21.4. The fourth-order valence-electron chi connectivity index (χ4n) is 4.74. The van der Waals surface area contributed by atoms with Crippen LogP contribution < -0.4 is 9.80 Å². The molecule has 0 atom stereocenters. The summed E-state index contributed by atoms with van der Waals surface area (Å²) < 4.78 is 28.3. The van der Waals surface area contributed by atoms with E-state index in [1.807, 2.05) is 6.07 Å². The van der Waals surface area contributed by atoms with Gasteiger partial charge in [0.25, 0.3) is 0 Å². The molecule has 0 N–H and O–H groups in total. The molecule has 3 aliphatic heterocycles. The monoisotopic (exact) mass is 438 g/mol. The van der Waals surface area contributed by atoms with Gasteiger partial charge >= 0.3 is 0 Å². The Hall–Kier alpha value is -2.70. The number of hydrogen-bond donors (Lipinski definition) is 0. The van der Waals surface area contributed by atoms with Crippen molar-refractivity contribution >= 4 is 21.8 Å². The molecule has 2 aromatic rings. The summed E-state index contributed by atoms with van der Waals surface area (Å²) in [5.41, 5.74) is 2.04. The van der Waals surface area contributed by atoms with Crippen LogP contribution in [0.5, 0.6) is 0 Å². The largest absolute Gasteiger partial charge is 0.356 e. The molecule has 1 aromatic carbocycles. The summed E-state index contributed by atoms with van der Waals surface area (Å²) in [5.74, 6) is 1.67. The lowest BCUT2D eigenvalue weighted by atomic mass is 10.1. The molecule has 162 valence electrons. The third kappa shape index (κ3) is 3.64. The predicted octanol–water partition coefficient (Wildman–Crippen LogP) is 2.30. The maximum absolute atomic E-state index is 13.4. The van der Waals surface area contributed by atoms with Crippen LogP contribution in [0.3, 0.4) is 0 Å². The maximum Gasteiger partial charge on any atom is 0.244 e. The number of anilines is 2. The summed E-state index contributed by atoms with van der Waals surface area (Å²) in [6, 6.07) is 8.41. The zero-order valence-electron chi connectivity index (χ0n) is 17.5. The SMILES string of the molecule is N#Cc1ccccc1S(=O)(=O)N1CCc2nc(N3CCCC3)nc(N3CCCC3)c2C1. The molecule has 0 bridgehead atoms. The zero-order valence-corrected chi connectivity index (χ0v) is 18.3.